The molecule has 2 aromatic carbocycles. The average Bonchev–Trinajstić information content (AvgIpc) is 2.73. The summed E-state index contributed by atoms with van der Waals surface area (Å²) in [5.41, 5.74) is 8.57. The second-order valence-corrected chi connectivity index (χ2v) is 7.76. The van der Waals surface area contributed by atoms with Crippen molar-refractivity contribution < 1.29 is 4.74 Å². The number of nitrogens with one attached hydrogen (secondary N) is 1. The molecule has 4 rings (SSSR count). The maximum Gasteiger partial charge on any atom is 0.228 e. The first-order chi connectivity index (χ1) is 13.7. The van der Waals surface area contributed by atoms with E-state index in [0.717, 1.165) is 42.6 Å². The molecule has 3 aromatic rings. The molecule has 0 unspecified atom stereocenters. The van der Waals surface area contributed by atoms with Crippen molar-refractivity contribution in [2.24, 2.45) is 0 Å². The molecule has 28 heavy (non-hydrogen) atoms. The summed E-state index contributed by atoms with van der Waals surface area (Å²) in [6, 6.07) is 15.8. The summed E-state index contributed by atoms with van der Waals surface area (Å²) < 4.78 is 5.40. The van der Waals surface area contributed by atoms with Crippen LogP contribution in [0.2, 0.25) is 5.02 Å². The first-order valence-corrected chi connectivity index (χ1v) is 10.1. The van der Waals surface area contributed by atoms with Gasteiger partial charge in [-0.05, 0) is 48.5 Å². The number of benzene rings is 2. The second-order valence-electron chi connectivity index (χ2n) is 6.29. The highest BCUT2D eigenvalue weighted by Crippen LogP contribution is 2.32. The van der Waals surface area contributed by atoms with E-state index in [1.54, 1.807) is 6.20 Å². The van der Waals surface area contributed by atoms with Gasteiger partial charge in [-0.3, -0.25) is 0 Å². The molecule has 1 aliphatic heterocycles. The summed E-state index contributed by atoms with van der Waals surface area (Å²) in [7, 11) is 0. The Kier molecular flexibility index (Phi) is 5.85. The smallest absolute Gasteiger partial charge is 0.228 e. The first kappa shape index (κ1) is 18.9. The van der Waals surface area contributed by atoms with Crippen LogP contribution in [0.25, 0.3) is 0 Å². The molecule has 1 aromatic heterocycles. The summed E-state index contributed by atoms with van der Waals surface area (Å²) in [4.78, 5) is 12.2. The monoisotopic (exact) mass is 413 g/mol. The van der Waals surface area contributed by atoms with E-state index < -0.39 is 0 Å². The number of aromatic nitrogens is 2. The van der Waals surface area contributed by atoms with Crippen molar-refractivity contribution in [1.82, 2.24) is 9.97 Å². The van der Waals surface area contributed by atoms with Crippen molar-refractivity contribution in [3.8, 4) is 0 Å². The standard InChI is InChI=1S/C20H20ClN5OS/c21-18-13-23-20(25-19(18)28-17-7-1-14(22)2-8-17)24-15-3-5-16(6-4-15)26-9-11-27-12-10-26/h1-8,13H,9-12,22H2,(H,23,24,25). The quantitative estimate of drug-likeness (QED) is 0.472. The fraction of sp³-hybridized carbons (Fsp3) is 0.200. The summed E-state index contributed by atoms with van der Waals surface area (Å²) in [6.07, 6.45) is 1.61. The minimum atomic E-state index is 0.501. The molecule has 0 spiro atoms. The fourth-order valence-corrected chi connectivity index (χ4v) is 3.82. The van der Waals surface area contributed by atoms with Gasteiger partial charge in [0, 0.05) is 35.0 Å². The van der Waals surface area contributed by atoms with Gasteiger partial charge < -0.3 is 20.7 Å². The highest BCUT2D eigenvalue weighted by Gasteiger charge is 2.11. The highest BCUT2D eigenvalue weighted by atomic mass is 35.5. The van der Waals surface area contributed by atoms with Crippen LogP contribution in [0.5, 0.6) is 0 Å². The van der Waals surface area contributed by atoms with Gasteiger partial charge in [-0.1, -0.05) is 23.4 Å². The van der Waals surface area contributed by atoms with Crippen LogP contribution in [0.15, 0.2) is 64.6 Å². The fourth-order valence-electron chi connectivity index (χ4n) is 2.84. The molecule has 3 N–H and O–H groups in total. The van der Waals surface area contributed by atoms with Gasteiger partial charge in [0.15, 0.2) is 0 Å². The molecule has 0 atom stereocenters. The van der Waals surface area contributed by atoms with Crippen LogP contribution >= 0.6 is 23.4 Å². The number of nitrogen functional groups attached to an aromatic ring is 1. The molecule has 0 bridgehead atoms. The van der Waals surface area contributed by atoms with Crippen LogP contribution in [0.4, 0.5) is 23.0 Å². The number of nitrogens with zero attached hydrogens (tertiary/aromatic N) is 3. The Morgan fingerprint density at radius 3 is 2.46 bits per heavy atom. The van der Waals surface area contributed by atoms with Gasteiger partial charge in [0.1, 0.15) is 5.03 Å². The number of rotatable bonds is 5. The average molecular weight is 414 g/mol. The third kappa shape index (κ3) is 4.67. The van der Waals surface area contributed by atoms with Gasteiger partial charge in [-0.15, -0.1) is 0 Å². The Bertz CT molecular complexity index is 930. The van der Waals surface area contributed by atoms with Gasteiger partial charge in [0.05, 0.1) is 24.4 Å². The molecule has 0 amide bonds. The molecule has 2 heterocycles. The lowest BCUT2D eigenvalue weighted by molar-refractivity contribution is 0.122. The normalized spacial score (nSPS) is 14.1. The molecule has 144 valence electrons. The number of anilines is 4. The topological polar surface area (TPSA) is 76.3 Å². The maximum atomic E-state index is 6.27. The van der Waals surface area contributed by atoms with Crippen molar-refractivity contribution in [2.75, 3.05) is 42.3 Å². The molecule has 1 aliphatic rings. The van der Waals surface area contributed by atoms with Crippen LogP contribution in [0.1, 0.15) is 0 Å². The van der Waals surface area contributed by atoms with Crippen molar-refractivity contribution in [1.29, 1.82) is 0 Å². The summed E-state index contributed by atoms with van der Waals surface area (Å²) in [5.74, 6) is 0.501. The van der Waals surface area contributed by atoms with Crippen LogP contribution in [-0.4, -0.2) is 36.3 Å². The van der Waals surface area contributed by atoms with E-state index >= 15 is 0 Å². The lowest BCUT2D eigenvalue weighted by Crippen LogP contribution is -2.36. The van der Waals surface area contributed by atoms with Gasteiger partial charge in [-0.2, -0.15) is 0 Å². The van der Waals surface area contributed by atoms with Crippen molar-refractivity contribution in [2.45, 2.75) is 9.92 Å². The number of hydrogen-bond donors (Lipinski definition) is 2. The summed E-state index contributed by atoms with van der Waals surface area (Å²) in [5, 5.41) is 4.44. The predicted molar refractivity (Wildman–Crippen MR) is 115 cm³/mol. The molecule has 0 aliphatic carbocycles. The first-order valence-electron chi connectivity index (χ1n) is 8.93. The Balaban J connectivity index is 1.46. The number of nitrogens with two attached hydrogens (primary N) is 1. The molecular formula is C20H20ClN5OS. The van der Waals surface area contributed by atoms with Crippen LogP contribution < -0.4 is 16.0 Å². The van der Waals surface area contributed by atoms with Crippen LogP contribution in [0.3, 0.4) is 0 Å². The van der Waals surface area contributed by atoms with Crippen molar-refractivity contribution >= 4 is 46.4 Å². The van der Waals surface area contributed by atoms with E-state index in [4.69, 9.17) is 22.1 Å². The lowest BCUT2D eigenvalue weighted by Gasteiger charge is -2.28. The minimum absolute atomic E-state index is 0.501. The summed E-state index contributed by atoms with van der Waals surface area (Å²) in [6.45, 7) is 3.37. The van der Waals surface area contributed by atoms with Crippen LogP contribution in [0, 0.1) is 0 Å². The summed E-state index contributed by atoms with van der Waals surface area (Å²) >= 11 is 7.74. The van der Waals surface area contributed by atoms with Gasteiger partial charge >= 0.3 is 0 Å². The molecular weight excluding hydrogens is 394 g/mol. The van der Waals surface area contributed by atoms with E-state index in [1.807, 2.05) is 36.4 Å². The van der Waals surface area contributed by atoms with E-state index in [-0.39, 0.29) is 0 Å². The molecule has 6 nitrogen and oxygen atoms in total. The van der Waals surface area contributed by atoms with Gasteiger partial charge in [-0.25, -0.2) is 9.97 Å². The Morgan fingerprint density at radius 2 is 1.75 bits per heavy atom. The molecule has 0 radical (unpaired) electrons. The van der Waals surface area contributed by atoms with E-state index in [0.29, 0.717) is 16.0 Å². The Hall–Kier alpha value is -2.48. The third-order valence-corrected chi connectivity index (χ3v) is 5.71. The second kappa shape index (κ2) is 8.68. The largest absolute Gasteiger partial charge is 0.399 e. The zero-order chi connectivity index (χ0) is 19.3. The Morgan fingerprint density at radius 1 is 1.04 bits per heavy atom. The zero-order valence-corrected chi connectivity index (χ0v) is 16.7. The van der Waals surface area contributed by atoms with E-state index in [2.05, 4.69) is 32.3 Å². The number of hydrogen-bond acceptors (Lipinski definition) is 7. The van der Waals surface area contributed by atoms with Gasteiger partial charge in [0.25, 0.3) is 0 Å². The SMILES string of the molecule is Nc1ccc(Sc2nc(Nc3ccc(N4CCOCC4)cc3)ncc2Cl)cc1. The number of morpholine rings is 1. The number of ether oxygens (including phenoxy) is 1. The molecule has 8 heteroatoms. The number of halogens is 1. The molecule has 0 saturated carbocycles. The zero-order valence-electron chi connectivity index (χ0n) is 15.1. The predicted octanol–water partition coefficient (Wildman–Crippen LogP) is 4.44. The maximum absolute atomic E-state index is 6.27. The minimum Gasteiger partial charge on any atom is -0.399 e. The third-order valence-electron chi connectivity index (χ3n) is 4.31. The Labute approximate surface area is 173 Å². The van der Waals surface area contributed by atoms with Gasteiger partial charge in [0.2, 0.25) is 5.95 Å². The molecule has 1 saturated heterocycles. The highest BCUT2D eigenvalue weighted by molar-refractivity contribution is 7.99. The molecule has 1 fully saturated rings. The van der Waals surface area contributed by atoms with Crippen LogP contribution in [-0.2, 0) is 4.74 Å². The van der Waals surface area contributed by atoms with E-state index in [9.17, 15) is 0 Å². The lowest BCUT2D eigenvalue weighted by atomic mass is 10.2. The van der Waals surface area contributed by atoms with Crippen molar-refractivity contribution in [3.05, 3.63) is 59.8 Å². The van der Waals surface area contributed by atoms with E-state index in [1.165, 1.54) is 17.4 Å². The van der Waals surface area contributed by atoms with Crippen molar-refractivity contribution in [3.63, 3.8) is 0 Å².